The lowest BCUT2D eigenvalue weighted by Crippen LogP contribution is -2.31. The third kappa shape index (κ3) is 6.50. The van der Waals surface area contributed by atoms with E-state index in [4.69, 9.17) is 18.9 Å². The van der Waals surface area contributed by atoms with Gasteiger partial charge in [0.05, 0.1) is 27.9 Å². The van der Waals surface area contributed by atoms with E-state index in [0.717, 1.165) is 24.3 Å². The Morgan fingerprint density at radius 3 is 2.19 bits per heavy atom. The summed E-state index contributed by atoms with van der Waals surface area (Å²) < 4.78 is 21.9. The van der Waals surface area contributed by atoms with Gasteiger partial charge in [0.2, 0.25) is 5.75 Å². The first-order valence-electron chi connectivity index (χ1n) is 11.1. The molecule has 0 unspecified atom stereocenters. The number of allylic oxidation sites excluding steroid dienone is 1. The van der Waals surface area contributed by atoms with Gasteiger partial charge in [0.25, 0.3) is 0 Å². The van der Waals surface area contributed by atoms with Crippen molar-refractivity contribution in [2.75, 3.05) is 47.6 Å². The van der Waals surface area contributed by atoms with Crippen LogP contribution in [0.3, 0.4) is 0 Å². The predicted octanol–water partition coefficient (Wildman–Crippen LogP) is 4.86. The second kappa shape index (κ2) is 12.2. The average molecular weight is 440 g/mol. The molecule has 1 fully saturated rings. The molecular formula is C26H33NO5. The zero-order valence-corrected chi connectivity index (χ0v) is 19.3. The van der Waals surface area contributed by atoms with Gasteiger partial charge >= 0.3 is 0 Å². The molecule has 0 aromatic heterocycles. The summed E-state index contributed by atoms with van der Waals surface area (Å²) in [4.78, 5) is 15.1. The average Bonchev–Trinajstić information content (AvgIpc) is 2.85. The number of piperidine rings is 1. The van der Waals surface area contributed by atoms with Crippen LogP contribution in [0.15, 0.2) is 42.5 Å². The van der Waals surface area contributed by atoms with Crippen molar-refractivity contribution >= 4 is 11.9 Å². The van der Waals surface area contributed by atoms with E-state index in [1.807, 2.05) is 12.1 Å². The highest BCUT2D eigenvalue weighted by molar-refractivity contribution is 6.06. The molecule has 172 valence electrons. The molecule has 1 aliphatic heterocycles. The molecule has 32 heavy (non-hydrogen) atoms. The van der Waals surface area contributed by atoms with Gasteiger partial charge in [-0.1, -0.05) is 12.5 Å². The molecule has 0 amide bonds. The summed E-state index contributed by atoms with van der Waals surface area (Å²) in [5.41, 5.74) is 1.39. The van der Waals surface area contributed by atoms with Crippen LogP contribution in [0.5, 0.6) is 23.0 Å². The summed E-state index contributed by atoms with van der Waals surface area (Å²) in [7, 11) is 4.68. The Morgan fingerprint density at radius 2 is 1.59 bits per heavy atom. The second-order valence-electron chi connectivity index (χ2n) is 7.78. The van der Waals surface area contributed by atoms with Crippen LogP contribution in [0.1, 0.15) is 41.6 Å². The van der Waals surface area contributed by atoms with Crippen molar-refractivity contribution in [3.63, 3.8) is 0 Å². The molecule has 0 saturated carbocycles. The summed E-state index contributed by atoms with van der Waals surface area (Å²) in [6.45, 7) is 4.19. The molecule has 0 spiro atoms. The number of rotatable bonds is 11. The zero-order chi connectivity index (χ0) is 22.8. The van der Waals surface area contributed by atoms with E-state index in [0.29, 0.717) is 29.4 Å². The lowest BCUT2D eigenvalue weighted by atomic mass is 10.1. The fourth-order valence-electron chi connectivity index (χ4n) is 3.84. The van der Waals surface area contributed by atoms with Crippen LogP contribution in [0, 0.1) is 0 Å². The lowest BCUT2D eigenvalue weighted by Gasteiger charge is -2.26. The summed E-state index contributed by atoms with van der Waals surface area (Å²) >= 11 is 0. The molecule has 0 atom stereocenters. The van der Waals surface area contributed by atoms with Gasteiger partial charge in [-0.2, -0.15) is 0 Å². The predicted molar refractivity (Wildman–Crippen MR) is 126 cm³/mol. The van der Waals surface area contributed by atoms with Crippen LogP contribution in [0.4, 0.5) is 0 Å². The Morgan fingerprint density at radius 1 is 0.938 bits per heavy atom. The Kier molecular flexibility index (Phi) is 8.99. The molecular weight excluding hydrogens is 406 g/mol. The molecule has 0 radical (unpaired) electrons. The monoisotopic (exact) mass is 439 g/mol. The van der Waals surface area contributed by atoms with Gasteiger partial charge in [0.15, 0.2) is 17.3 Å². The Labute approximate surface area is 190 Å². The van der Waals surface area contributed by atoms with Gasteiger partial charge in [0.1, 0.15) is 5.75 Å². The molecule has 2 aromatic rings. The molecule has 1 aliphatic rings. The van der Waals surface area contributed by atoms with Gasteiger partial charge in [-0.3, -0.25) is 4.79 Å². The van der Waals surface area contributed by atoms with Crippen LogP contribution >= 0.6 is 0 Å². The molecule has 6 nitrogen and oxygen atoms in total. The van der Waals surface area contributed by atoms with E-state index in [-0.39, 0.29) is 5.78 Å². The summed E-state index contributed by atoms with van der Waals surface area (Å²) in [6, 6.07) is 10.9. The normalized spacial score (nSPS) is 14.3. The Balaban J connectivity index is 1.53. The highest BCUT2D eigenvalue weighted by Gasteiger charge is 2.12. The van der Waals surface area contributed by atoms with Crippen molar-refractivity contribution < 1.29 is 23.7 Å². The fourth-order valence-corrected chi connectivity index (χ4v) is 3.84. The Bertz CT molecular complexity index is 876. The number of ether oxygens (including phenoxy) is 4. The van der Waals surface area contributed by atoms with Gasteiger partial charge in [-0.15, -0.1) is 0 Å². The number of ketones is 1. The molecule has 0 N–H and O–H groups in total. The maximum Gasteiger partial charge on any atom is 0.203 e. The number of nitrogens with zero attached hydrogens (tertiary/aromatic N) is 1. The van der Waals surface area contributed by atoms with Crippen molar-refractivity contribution in [2.24, 2.45) is 0 Å². The number of carbonyl (C=O) groups excluding carboxylic acids is 1. The number of methoxy groups -OCH3 is 3. The molecule has 2 aromatic carbocycles. The summed E-state index contributed by atoms with van der Waals surface area (Å²) in [5, 5.41) is 0. The van der Waals surface area contributed by atoms with Crippen molar-refractivity contribution in [3.8, 4) is 23.0 Å². The molecule has 0 aliphatic carbocycles. The van der Waals surface area contributed by atoms with Gasteiger partial charge < -0.3 is 23.8 Å². The van der Waals surface area contributed by atoms with Crippen LogP contribution in [0.25, 0.3) is 6.08 Å². The summed E-state index contributed by atoms with van der Waals surface area (Å²) in [6.07, 6.45) is 8.26. The maximum absolute atomic E-state index is 12.6. The minimum Gasteiger partial charge on any atom is -0.494 e. The van der Waals surface area contributed by atoms with Crippen molar-refractivity contribution in [1.82, 2.24) is 4.90 Å². The molecule has 1 heterocycles. The maximum atomic E-state index is 12.6. The fraction of sp³-hybridized carbons (Fsp3) is 0.423. The highest BCUT2D eigenvalue weighted by atomic mass is 16.5. The van der Waals surface area contributed by atoms with Crippen molar-refractivity contribution in [1.29, 1.82) is 0 Å². The highest BCUT2D eigenvalue weighted by Crippen LogP contribution is 2.38. The first-order chi connectivity index (χ1) is 15.6. The second-order valence-corrected chi connectivity index (χ2v) is 7.78. The van der Waals surface area contributed by atoms with Gasteiger partial charge in [-0.25, -0.2) is 0 Å². The van der Waals surface area contributed by atoms with Crippen LogP contribution in [-0.2, 0) is 0 Å². The number of carbonyl (C=O) groups is 1. The van der Waals surface area contributed by atoms with Crippen LogP contribution < -0.4 is 18.9 Å². The van der Waals surface area contributed by atoms with E-state index >= 15 is 0 Å². The zero-order valence-electron chi connectivity index (χ0n) is 19.3. The Hall–Kier alpha value is -2.99. The first-order valence-corrected chi connectivity index (χ1v) is 11.1. The molecule has 6 heteroatoms. The van der Waals surface area contributed by atoms with E-state index in [1.165, 1.54) is 38.4 Å². The van der Waals surface area contributed by atoms with E-state index < -0.39 is 0 Å². The third-order valence-corrected chi connectivity index (χ3v) is 5.59. The largest absolute Gasteiger partial charge is 0.494 e. The minimum absolute atomic E-state index is 0.0876. The molecule has 3 rings (SSSR count). The number of benzene rings is 2. The van der Waals surface area contributed by atoms with E-state index in [1.54, 1.807) is 51.7 Å². The topological polar surface area (TPSA) is 57.2 Å². The van der Waals surface area contributed by atoms with Gasteiger partial charge in [-0.05, 0) is 80.4 Å². The van der Waals surface area contributed by atoms with E-state index in [9.17, 15) is 4.79 Å². The molecule has 0 bridgehead atoms. The van der Waals surface area contributed by atoms with E-state index in [2.05, 4.69) is 4.90 Å². The number of likely N-dealkylation sites (tertiary alicyclic amines) is 1. The minimum atomic E-state index is -0.0876. The van der Waals surface area contributed by atoms with Gasteiger partial charge in [0, 0.05) is 12.1 Å². The number of hydrogen-bond donors (Lipinski definition) is 0. The van der Waals surface area contributed by atoms with Crippen LogP contribution in [0.2, 0.25) is 0 Å². The first kappa shape index (κ1) is 23.7. The smallest absolute Gasteiger partial charge is 0.203 e. The number of hydrogen-bond acceptors (Lipinski definition) is 6. The van der Waals surface area contributed by atoms with Crippen LogP contribution in [-0.4, -0.2) is 58.3 Å². The standard InChI is InChI=1S/C26H33NO5/c1-29-24-18-20(19-25(30-2)26(24)31-3)8-13-23(28)21-9-11-22(12-10-21)32-17-7-16-27-14-5-4-6-15-27/h8-13,18-19H,4-7,14-17H2,1-3H3/b13-8+. The third-order valence-electron chi connectivity index (χ3n) is 5.59. The summed E-state index contributed by atoms with van der Waals surface area (Å²) in [5.74, 6) is 2.30. The lowest BCUT2D eigenvalue weighted by molar-refractivity contribution is 0.104. The molecule has 1 saturated heterocycles. The SMILES string of the molecule is COc1cc(/C=C/C(=O)c2ccc(OCCCN3CCCCC3)cc2)cc(OC)c1OC. The quantitative estimate of drug-likeness (QED) is 0.283. The van der Waals surface area contributed by atoms with Crippen molar-refractivity contribution in [2.45, 2.75) is 25.7 Å². The van der Waals surface area contributed by atoms with Crippen molar-refractivity contribution in [3.05, 3.63) is 53.6 Å².